The van der Waals surface area contributed by atoms with E-state index in [9.17, 15) is 17.6 Å². The van der Waals surface area contributed by atoms with Crippen LogP contribution < -0.4 is 10.0 Å². The molecule has 1 aliphatic carbocycles. The maximum Gasteiger partial charge on any atom is 0.275 e. The zero-order chi connectivity index (χ0) is 19.7. The molecule has 1 aliphatic rings. The van der Waals surface area contributed by atoms with E-state index in [1.165, 1.54) is 47.7 Å². The number of halogens is 1. The normalized spacial score (nSPS) is 14.0. The van der Waals surface area contributed by atoms with Gasteiger partial charge in [0.1, 0.15) is 16.5 Å². The van der Waals surface area contributed by atoms with Gasteiger partial charge in [0, 0.05) is 22.7 Å². The Bertz CT molecular complexity index is 1110. The third-order valence-corrected chi connectivity index (χ3v) is 6.58. The largest absolute Gasteiger partial charge is 0.321 e. The second-order valence-electron chi connectivity index (χ2n) is 6.42. The van der Waals surface area contributed by atoms with Gasteiger partial charge in [-0.25, -0.2) is 22.5 Å². The van der Waals surface area contributed by atoms with Gasteiger partial charge in [-0.2, -0.15) is 0 Å². The molecule has 0 saturated heterocycles. The van der Waals surface area contributed by atoms with Crippen LogP contribution in [0.25, 0.3) is 10.6 Å². The molecule has 1 heterocycles. The van der Waals surface area contributed by atoms with Gasteiger partial charge in [-0.1, -0.05) is 0 Å². The molecule has 0 bridgehead atoms. The second kappa shape index (κ2) is 7.42. The first kappa shape index (κ1) is 18.7. The number of amides is 1. The highest BCUT2D eigenvalue weighted by molar-refractivity contribution is 7.89. The van der Waals surface area contributed by atoms with E-state index < -0.39 is 15.9 Å². The van der Waals surface area contributed by atoms with Crippen molar-refractivity contribution in [2.75, 3.05) is 5.32 Å². The van der Waals surface area contributed by atoms with E-state index in [1.54, 1.807) is 17.5 Å². The topological polar surface area (TPSA) is 88.2 Å². The summed E-state index contributed by atoms with van der Waals surface area (Å²) in [5.74, 6) is -0.743. The molecule has 1 aromatic heterocycles. The predicted octanol–water partition coefficient (Wildman–Crippen LogP) is 3.64. The van der Waals surface area contributed by atoms with Crippen LogP contribution in [0, 0.1) is 5.82 Å². The Morgan fingerprint density at radius 2 is 1.75 bits per heavy atom. The Morgan fingerprint density at radius 1 is 1.07 bits per heavy atom. The Kier molecular flexibility index (Phi) is 4.96. The number of carbonyl (C=O) groups is 1. The molecule has 0 radical (unpaired) electrons. The van der Waals surface area contributed by atoms with Crippen LogP contribution in [-0.4, -0.2) is 25.4 Å². The van der Waals surface area contributed by atoms with E-state index >= 15 is 0 Å². The maximum atomic E-state index is 13.0. The number of aromatic nitrogens is 1. The quantitative estimate of drug-likeness (QED) is 0.641. The standard InChI is InChI=1S/C19H16FN3O3S2/c20-13-3-1-12(2-4-13)19-22-17(11-27-19)18(24)21-14-7-9-16(10-8-14)28(25,26)23-15-5-6-15/h1-4,7-11,15,23H,5-6H2,(H,21,24). The van der Waals surface area contributed by atoms with Crippen molar-refractivity contribution in [3.05, 3.63) is 65.4 Å². The molecule has 144 valence electrons. The van der Waals surface area contributed by atoms with Crippen LogP contribution in [0.4, 0.5) is 10.1 Å². The molecule has 0 unspecified atom stereocenters. The summed E-state index contributed by atoms with van der Waals surface area (Å²) in [4.78, 5) is 16.8. The predicted molar refractivity (Wildman–Crippen MR) is 105 cm³/mol. The Labute approximate surface area is 165 Å². The lowest BCUT2D eigenvalue weighted by atomic mass is 10.2. The van der Waals surface area contributed by atoms with Gasteiger partial charge in [-0.05, 0) is 61.4 Å². The van der Waals surface area contributed by atoms with E-state index in [0.717, 1.165) is 18.4 Å². The molecule has 0 aliphatic heterocycles. The van der Waals surface area contributed by atoms with Crippen LogP contribution in [0.1, 0.15) is 23.3 Å². The zero-order valence-electron chi connectivity index (χ0n) is 14.6. The molecule has 1 amide bonds. The fourth-order valence-electron chi connectivity index (χ4n) is 2.50. The zero-order valence-corrected chi connectivity index (χ0v) is 16.2. The first-order valence-electron chi connectivity index (χ1n) is 8.56. The van der Waals surface area contributed by atoms with Gasteiger partial charge < -0.3 is 5.32 Å². The smallest absolute Gasteiger partial charge is 0.275 e. The first-order valence-corrected chi connectivity index (χ1v) is 10.9. The van der Waals surface area contributed by atoms with Crippen LogP contribution in [0.3, 0.4) is 0 Å². The molecule has 2 aromatic carbocycles. The second-order valence-corrected chi connectivity index (χ2v) is 8.99. The first-order chi connectivity index (χ1) is 13.4. The van der Waals surface area contributed by atoms with Crippen LogP contribution >= 0.6 is 11.3 Å². The van der Waals surface area contributed by atoms with Gasteiger partial charge >= 0.3 is 0 Å². The van der Waals surface area contributed by atoms with Gasteiger partial charge in [-0.15, -0.1) is 11.3 Å². The number of nitrogens with zero attached hydrogens (tertiary/aromatic N) is 1. The number of anilines is 1. The molecule has 28 heavy (non-hydrogen) atoms. The van der Waals surface area contributed by atoms with Crippen molar-refractivity contribution in [2.24, 2.45) is 0 Å². The number of thiazole rings is 1. The Hall–Kier alpha value is -2.62. The van der Waals surface area contributed by atoms with Crippen LogP contribution in [0.5, 0.6) is 0 Å². The fourth-order valence-corrected chi connectivity index (χ4v) is 4.62. The van der Waals surface area contributed by atoms with Gasteiger partial charge in [0.2, 0.25) is 10.0 Å². The summed E-state index contributed by atoms with van der Waals surface area (Å²) < 4.78 is 40.0. The van der Waals surface area contributed by atoms with Gasteiger partial charge in [0.05, 0.1) is 4.90 Å². The van der Waals surface area contributed by atoms with E-state index in [4.69, 9.17) is 0 Å². The monoisotopic (exact) mass is 417 g/mol. The maximum absolute atomic E-state index is 13.0. The SMILES string of the molecule is O=C(Nc1ccc(S(=O)(=O)NC2CC2)cc1)c1csc(-c2ccc(F)cc2)n1. The van der Waals surface area contributed by atoms with E-state index in [-0.39, 0.29) is 22.4 Å². The Morgan fingerprint density at radius 3 is 2.39 bits per heavy atom. The number of hydrogen-bond donors (Lipinski definition) is 2. The summed E-state index contributed by atoms with van der Waals surface area (Å²) in [6, 6.07) is 11.9. The average molecular weight is 417 g/mol. The highest BCUT2D eigenvalue weighted by Crippen LogP contribution is 2.25. The lowest BCUT2D eigenvalue weighted by molar-refractivity contribution is 0.102. The molecule has 1 saturated carbocycles. The van der Waals surface area contributed by atoms with Crippen molar-refractivity contribution >= 4 is 33.0 Å². The van der Waals surface area contributed by atoms with Crippen molar-refractivity contribution in [3.8, 4) is 10.6 Å². The van der Waals surface area contributed by atoms with Crippen molar-refractivity contribution in [3.63, 3.8) is 0 Å². The molecule has 0 atom stereocenters. The van der Waals surface area contributed by atoms with Crippen molar-refractivity contribution < 1.29 is 17.6 Å². The molecule has 2 N–H and O–H groups in total. The molecule has 3 aromatic rings. The van der Waals surface area contributed by atoms with E-state index in [0.29, 0.717) is 10.7 Å². The molecular weight excluding hydrogens is 401 g/mol. The minimum Gasteiger partial charge on any atom is -0.321 e. The van der Waals surface area contributed by atoms with E-state index in [1.807, 2.05) is 0 Å². The number of carbonyl (C=O) groups excluding carboxylic acids is 1. The average Bonchev–Trinajstić information content (AvgIpc) is 3.33. The van der Waals surface area contributed by atoms with Crippen LogP contribution in [-0.2, 0) is 10.0 Å². The fraction of sp³-hybridized carbons (Fsp3) is 0.158. The number of rotatable bonds is 6. The summed E-state index contributed by atoms with van der Waals surface area (Å²) >= 11 is 1.28. The molecular formula is C19H16FN3O3S2. The van der Waals surface area contributed by atoms with Crippen molar-refractivity contribution in [1.29, 1.82) is 0 Å². The lowest BCUT2D eigenvalue weighted by Gasteiger charge is -2.07. The summed E-state index contributed by atoms with van der Waals surface area (Å²) in [7, 11) is -3.52. The molecule has 4 rings (SSSR count). The minimum absolute atomic E-state index is 0.0318. The molecule has 9 heteroatoms. The summed E-state index contributed by atoms with van der Waals surface area (Å²) in [6.07, 6.45) is 1.72. The number of hydrogen-bond acceptors (Lipinski definition) is 5. The van der Waals surface area contributed by atoms with Gasteiger partial charge in [-0.3, -0.25) is 4.79 Å². The summed E-state index contributed by atoms with van der Waals surface area (Å²) in [5.41, 5.74) is 1.42. The molecule has 6 nitrogen and oxygen atoms in total. The minimum atomic E-state index is -3.52. The van der Waals surface area contributed by atoms with Crippen LogP contribution in [0.15, 0.2) is 58.8 Å². The molecule has 0 spiro atoms. The van der Waals surface area contributed by atoms with Gasteiger partial charge in [0.15, 0.2) is 0 Å². The number of sulfonamides is 1. The highest BCUT2D eigenvalue weighted by atomic mass is 32.2. The Balaban J connectivity index is 1.44. The van der Waals surface area contributed by atoms with Gasteiger partial charge in [0.25, 0.3) is 5.91 Å². The van der Waals surface area contributed by atoms with Crippen LogP contribution in [0.2, 0.25) is 0 Å². The third-order valence-electron chi connectivity index (χ3n) is 4.15. The number of benzene rings is 2. The van der Waals surface area contributed by atoms with Crippen molar-refractivity contribution in [1.82, 2.24) is 9.71 Å². The summed E-state index contributed by atoms with van der Waals surface area (Å²) in [5, 5.41) is 4.92. The summed E-state index contributed by atoms with van der Waals surface area (Å²) in [6.45, 7) is 0. The number of nitrogens with one attached hydrogen (secondary N) is 2. The highest BCUT2D eigenvalue weighted by Gasteiger charge is 2.27. The van der Waals surface area contributed by atoms with Crippen molar-refractivity contribution in [2.45, 2.75) is 23.8 Å². The third kappa shape index (κ3) is 4.27. The lowest BCUT2D eigenvalue weighted by Crippen LogP contribution is -2.25. The molecule has 1 fully saturated rings. The van der Waals surface area contributed by atoms with E-state index in [2.05, 4.69) is 15.0 Å².